The van der Waals surface area contributed by atoms with Crippen molar-refractivity contribution in [3.05, 3.63) is 0 Å². The van der Waals surface area contributed by atoms with Crippen LogP contribution in [-0.4, -0.2) is 32.5 Å². The summed E-state index contributed by atoms with van der Waals surface area (Å²) < 4.78 is 23.3. The first-order valence-electron chi connectivity index (χ1n) is 5.87. The van der Waals surface area contributed by atoms with Crippen molar-refractivity contribution in [3.8, 4) is 0 Å². The molecular weight excluding hydrogens is 210 g/mol. The van der Waals surface area contributed by atoms with Crippen molar-refractivity contribution < 1.29 is 8.42 Å². The molecule has 0 aromatic rings. The van der Waals surface area contributed by atoms with Crippen LogP contribution in [0.2, 0.25) is 0 Å². The summed E-state index contributed by atoms with van der Waals surface area (Å²) in [6.45, 7) is 4.78. The molecule has 1 aliphatic rings. The highest BCUT2D eigenvalue weighted by molar-refractivity contribution is 7.91. The van der Waals surface area contributed by atoms with Gasteiger partial charge >= 0.3 is 0 Å². The molecule has 0 bridgehead atoms. The van der Waals surface area contributed by atoms with Crippen molar-refractivity contribution in [1.82, 2.24) is 5.32 Å². The molecule has 15 heavy (non-hydrogen) atoms. The number of nitrogens with one attached hydrogen (secondary N) is 1. The number of sulfone groups is 1. The summed E-state index contributed by atoms with van der Waals surface area (Å²) >= 11 is 0. The molecule has 3 nitrogen and oxygen atoms in total. The Hall–Kier alpha value is -0.0900. The maximum absolute atomic E-state index is 11.6. The summed E-state index contributed by atoms with van der Waals surface area (Å²) in [5.74, 6) is 0.260. The normalized spacial score (nSPS) is 21.3. The van der Waals surface area contributed by atoms with Gasteiger partial charge in [-0.2, -0.15) is 0 Å². The van der Waals surface area contributed by atoms with Gasteiger partial charge in [0.05, 0.1) is 5.25 Å². The highest BCUT2D eigenvalue weighted by atomic mass is 32.2. The van der Waals surface area contributed by atoms with Crippen molar-refractivity contribution in [1.29, 1.82) is 0 Å². The average Bonchev–Trinajstić information content (AvgIpc) is 2.86. The van der Waals surface area contributed by atoms with Gasteiger partial charge in [-0.1, -0.05) is 20.3 Å². The van der Waals surface area contributed by atoms with Crippen molar-refractivity contribution in [3.63, 3.8) is 0 Å². The standard InChI is InChI=1S/C11H23NO2S/c1-4-5-9(2)11(15(3,13)14)8-12-10-6-7-10/h9-12H,4-8H2,1-3H3. The first kappa shape index (κ1) is 13.0. The minimum atomic E-state index is -2.92. The van der Waals surface area contributed by atoms with E-state index in [1.165, 1.54) is 19.1 Å². The van der Waals surface area contributed by atoms with Crippen LogP contribution in [0.3, 0.4) is 0 Å². The molecule has 0 radical (unpaired) electrons. The molecule has 1 aliphatic carbocycles. The Morgan fingerprint density at radius 1 is 1.40 bits per heavy atom. The summed E-state index contributed by atoms with van der Waals surface area (Å²) in [5.41, 5.74) is 0. The van der Waals surface area contributed by atoms with E-state index in [9.17, 15) is 8.42 Å². The van der Waals surface area contributed by atoms with Gasteiger partial charge in [0.2, 0.25) is 0 Å². The van der Waals surface area contributed by atoms with E-state index < -0.39 is 9.84 Å². The molecule has 0 aromatic carbocycles. The van der Waals surface area contributed by atoms with Crippen LogP contribution in [0.1, 0.15) is 39.5 Å². The van der Waals surface area contributed by atoms with Gasteiger partial charge in [0.25, 0.3) is 0 Å². The van der Waals surface area contributed by atoms with Gasteiger partial charge in [-0.3, -0.25) is 0 Å². The summed E-state index contributed by atoms with van der Waals surface area (Å²) in [4.78, 5) is 0. The van der Waals surface area contributed by atoms with Crippen molar-refractivity contribution in [2.75, 3.05) is 12.8 Å². The van der Waals surface area contributed by atoms with Crippen molar-refractivity contribution in [2.45, 2.75) is 50.8 Å². The van der Waals surface area contributed by atoms with Gasteiger partial charge in [-0.25, -0.2) is 8.42 Å². The van der Waals surface area contributed by atoms with E-state index in [1.807, 2.05) is 6.92 Å². The van der Waals surface area contributed by atoms with E-state index in [2.05, 4.69) is 12.2 Å². The third-order valence-electron chi connectivity index (χ3n) is 3.11. The van der Waals surface area contributed by atoms with Gasteiger partial charge < -0.3 is 5.32 Å². The van der Waals surface area contributed by atoms with E-state index in [4.69, 9.17) is 0 Å². The zero-order valence-electron chi connectivity index (χ0n) is 9.99. The molecule has 0 amide bonds. The van der Waals surface area contributed by atoms with E-state index in [0.29, 0.717) is 12.6 Å². The average molecular weight is 233 g/mol. The summed E-state index contributed by atoms with van der Waals surface area (Å²) in [6.07, 6.45) is 5.82. The predicted octanol–water partition coefficient (Wildman–Crippen LogP) is 1.59. The number of hydrogen-bond acceptors (Lipinski definition) is 3. The molecule has 1 fully saturated rings. The minimum Gasteiger partial charge on any atom is -0.313 e. The minimum absolute atomic E-state index is 0.210. The van der Waals surface area contributed by atoms with E-state index in [-0.39, 0.29) is 11.2 Å². The maximum atomic E-state index is 11.6. The lowest BCUT2D eigenvalue weighted by Crippen LogP contribution is -2.38. The third kappa shape index (κ3) is 4.51. The fraction of sp³-hybridized carbons (Fsp3) is 1.00. The molecule has 0 heterocycles. The van der Waals surface area contributed by atoms with Crippen LogP contribution in [0.15, 0.2) is 0 Å². The second-order valence-electron chi connectivity index (χ2n) is 4.82. The molecule has 1 N–H and O–H groups in total. The SMILES string of the molecule is CCCC(C)C(CNC1CC1)S(C)(=O)=O. The topological polar surface area (TPSA) is 46.2 Å². The fourth-order valence-electron chi connectivity index (χ4n) is 1.99. The molecule has 0 spiro atoms. The quantitative estimate of drug-likeness (QED) is 0.726. The molecular formula is C11H23NO2S. The zero-order chi connectivity index (χ0) is 11.5. The lowest BCUT2D eigenvalue weighted by Gasteiger charge is -2.22. The van der Waals surface area contributed by atoms with E-state index in [0.717, 1.165) is 12.8 Å². The van der Waals surface area contributed by atoms with Crippen LogP contribution in [0.5, 0.6) is 0 Å². The van der Waals surface area contributed by atoms with Gasteiger partial charge in [0.15, 0.2) is 9.84 Å². The van der Waals surface area contributed by atoms with Crippen molar-refractivity contribution in [2.24, 2.45) is 5.92 Å². The Morgan fingerprint density at radius 3 is 2.40 bits per heavy atom. The Balaban J connectivity index is 2.50. The molecule has 0 aromatic heterocycles. The third-order valence-corrected chi connectivity index (χ3v) is 4.84. The lowest BCUT2D eigenvalue weighted by atomic mass is 10.0. The monoisotopic (exact) mass is 233 g/mol. The Morgan fingerprint density at radius 2 is 2.00 bits per heavy atom. The largest absolute Gasteiger partial charge is 0.313 e. The van der Waals surface area contributed by atoms with Gasteiger partial charge in [0.1, 0.15) is 0 Å². The highest BCUT2D eigenvalue weighted by Gasteiger charge is 2.29. The molecule has 2 atom stereocenters. The summed E-state index contributed by atoms with van der Waals surface area (Å²) in [7, 11) is -2.92. The van der Waals surface area contributed by atoms with Crippen LogP contribution < -0.4 is 5.32 Å². The van der Waals surface area contributed by atoms with Crippen LogP contribution in [0.4, 0.5) is 0 Å². The second kappa shape index (κ2) is 5.30. The fourth-order valence-corrected chi connectivity index (χ4v) is 3.37. The second-order valence-corrected chi connectivity index (χ2v) is 7.08. The van der Waals surface area contributed by atoms with E-state index in [1.54, 1.807) is 0 Å². The van der Waals surface area contributed by atoms with Gasteiger partial charge in [0, 0.05) is 18.8 Å². The lowest BCUT2D eigenvalue weighted by molar-refractivity contribution is 0.453. The molecule has 1 saturated carbocycles. The van der Waals surface area contributed by atoms with Crippen LogP contribution >= 0.6 is 0 Å². The Kier molecular flexibility index (Phi) is 4.59. The Labute approximate surface area is 93.6 Å². The number of rotatable bonds is 7. The van der Waals surface area contributed by atoms with E-state index >= 15 is 0 Å². The van der Waals surface area contributed by atoms with Gasteiger partial charge in [-0.05, 0) is 25.2 Å². The molecule has 90 valence electrons. The number of hydrogen-bond donors (Lipinski definition) is 1. The zero-order valence-corrected chi connectivity index (χ0v) is 10.8. The summed E-state index contributed by atoms with van der Waals surface area (Å²) in [5, 5.41) is 3.11. The van der Waals surface area contributed by atoms with Gasteiger partial charge in [-0.15, -0.1) is 0 Å². The van der Waals surface area contributed by atoms with Crippen molar-refractivity contribution >= 4 is 9.84 Å². The van der Waals surface area contributed by atoms with Crippen LogP contribution in [-0.2, 0) is 9.84 Å². The highest BCUT2D eigenvalue weighted by Crippen LogP contribution is 2.21. The first-order valence-corrected chi connectivity index (χ1v) is 7.82. The van der Waals surface area contributed by atoms with Crippen LogP contribution in [0.25, 0.3) is 0 Å². The molecule has 0 saturated heterocycles. The molecule has 0 aliphatic heterocycles. The predicted molar refractivity (Wildman–Crippen MR) is 63.7 cm³/mol. The summed E-state index contributed by atoms with van der Waals surface area (Å²) in [6, 6.07) is 0.586. The van der Waals surface area contributed by atoms with Crippen LogP contribution in [0, 0.1) is 5.92 Å². The Bertz CT molecular complexity index is 283. The molecule has 2 unspecified atom stereocenters. The molecule has 1 rings (SSSR count). The smallest absolute Gasteiger partial charge is 0.151 e. The maximum Gasteiger partial charge on any atom is 0.151 e. The molecule has 4 heteroatoms. The first-order chi connectivity index (χ1) is 6.95.